The van der Waals surface area contributed by atoms with Crippen molar-refractivity contribution in [1.29, 1.82) is 0 Å². The fourth-order valence-electron chi connectivity index (χ4n) is 3.01. The van der Waals surface area contributed by atoms with E-state index >= 15 is 0 Å². The highest BCUT2D eigenvalue weighted by Crippen LogP contribution is 2.32. The van der Waals surface area contributed by atoms with Crippen LogP contribution in [0.25, 0.3) is 0 Å². The lowest BCUT2D eigenvalue weighted by molar-refractivity contribution is -0.118. The second-order valence-corrected chi connectivity index (χ2v) is 9.49. The first-order chi connectivity index (χ1) is 12.7. The summed E-state index contributed by atoms with van der Waals surface area (Å²) in [6, 6.07) is 10.0. The summed E-state index contributed by atoms with van der Waals surface area (Å²) in [5, 5.41) is 0.271. The predicted octanol–water partition coefficient (Wildman–Crippen LogP) is 3.32. The van der Waals surface area contributed by atoms with E-state index < -0.39 is 10.0 Å². The maximum absolute atomic E-state index is 12.9. The third-order valence-corrected chi connectivity index (χ3v) is 6.96. The smallest absolute Gasteiger partial charge is 0.247 e. The quantitative estimate of drug-likeness (QED) is 0.668. The number of benzene rings is 2. The molecule has 0 fully saturated rings. The molecule has 3 rings (SSSR count). The number of sulfonamides is 1. The van der Waals surface area contributed by atoms with Crippen LogP contribution >= 0.6 is 27.5 Å². The summed E-state index contributed by atoms with van der Waals surface area (Å²) in [4.78, 5) is 14.3. The number of halogens is 2. The van der Waals surface area contributed by atoms with Crippen molar-refractivity contribution in [2.45, 2.75) is 11.3 Å². The number of nitrogens with zero attached hydrogens (tertiary/aromatic N) is 2. The minimum absolute atomic E-state index is 0.0708. The largest absolute Gasteiger partial charge is 0.495 e. The highest BCUT2D eigenvalue weighted by Gasteiger charge is 2.31. The number of anilines is 1. The molecule has 1 heterocycles. The number of methoxy groups -OCH3 is 1. The van der Waals surface area contributed by atoms with Crippen molar-refractivity contribution in [3.63, 3.8) is 0 Å². The number of rotatable bonds is 5. The SMILES string of the molecule is COc1ccc(Cl)cc1S(=O)(=O)N(C)CC(=O)N1CCc2cc(Br)ccc21. The highest BCUT2D eigenvalue weighted by molar-refractivity contribution is 9.10. The van der Waals surface area contributed by atoms with Crippen LogP contribution < -0.4 is 9.64 Å². The second-order valence-electron chi connectivity index (χ2n) is 6.12. The molecule has 0 N–H and O–H groups in total. The molecule has 1 aliphatic rings. The monoisotopic (exact) mass is 472 g/mol. The van der Waals surface area contributed by atoms with Crippen molar-refractivity contribution >= 4 is 49.1 Å². The van der Waals surface area contributed by atoms with E-state index in [1.54, 1.807) is 11.0 Å². The van der Waals surface area contributed by atoms with Crippen LogP contribution in [0, 0.1) is 0 Å². The molecule has 0 atom stereocenters. The minimum atomic E-state index is -3.94. The number of carbonyl (C=O) groups excluding carboxylic acids is 1. The Balaban J connectivity index is 1.82. The summed E-state index contributed by atoms with van der Waals surface area (Å²) in [5.41, 5.74) is 1.87. The summed E-state index contributed by atoms with van der Waals surface area (Å²) >= 11 is 9.37. The molecular formula is C18H18BrClN2O4S. The molecule has 0 bridgehead atoms. The molecule has 1 aliphatic heterocycles. The van der Waals surface area contributed by atoms with E-state index in [-0.39, 0.29) is 28.1 Å². The number of carbonyl (C=O) groups is 1. The van der Waals surface area contributed by atoms with Gasteiger partial charge in [0, 0.05) is 28.8 Å². The average Bonchev–Trinajstić information content (AvgIpc) is 3.04. The van der Waals surface area contributed by atoms with Gasteiger partial charge in [-0.05, 0) is 48.4 Å². The van der Waals surface area contributed by atoms with Crippen LogP contribution in [-0.2, 0) is 21.2 Å². The van der Waals surface area contributed by atoms with E-state index in [4.69, 9.17) is 16.3 Å². The Morgan fingerprint density at radius 1 is 1.30 bits per heavy atom. The van der Waals surface area contributed by atoms with Gasteiger partial charge in [-0.15, -0.1) is 0 Å². The van der Waals surface area contributed by atoms with Crippen LogP contribution in [0.3, 0.4) is 0 Å². The molecular weight excluding hydrogens is 456 g/mol. The van der Waals surface area contributed by atoms with Gasteiger partial charge in [-0.3, -0.25) is 4.79 Å². The molecule has 2 aromatic rings. The summed E-state index contributed by atoms with van der Waals surface area (Å²) in [6.45, 7) is 0.243. The number of hydrogen-bond acceptors (Lipinski definition) is 4. The maximum atomic E-state index is 12.9. The zero-order chi connectivity index (χ0) is 19.8. The molecule has 2 aromatic carbocycles. The lowest BCUT2D eigenvalue weighted by atomic mass is 10.2. The van der Waals surface area contributed by atoms with Gasteiger partial charge in [0.15, 0.2) is 0 Å². The molecule has 0 saturated heterocycles. The molecule has 0 aromatic heterocycles. The van der Waals surface area contributed by atoms with Crippen molar-refractivity contribution in [1.82, 2.24) is 4.31 Å². The fraction of sp³-hybridized carbons (Fsp3) is 0.278. The maximum Gasteiger partial charge on any atom is 0.247 e. The Labute approximate surface area is 171 Å². The van der Waals surface area contributed by atoms with E-state index in [2.05, 4.69) is 15.9 Å². The van der Waals surface area contributed by atoms with Gasteiger partial charge in [0.1, 0.15) is 10.6 Å². The van der Waals surface area contributed by atoms with Crippen LogP contribution in [0.1, 0.15) is 5.56 Å². The van der Waals surface area contributed by atoms with E-state index in [1.165, 1.54) is 26.3 Å². The average molecular weight is 474 g/mol. The Morgan fingerprint density at radius 3 is 2.74 bits per heavy atom. The zero-order valence-corrected chi connectivity index (χ0v) is 17.9. The summed E-state index contributed by atoms with van der Waals surface area (Å²) in [7, 11) is -1.20. The molecule has 0 aliphatic carbocycles. The number of ether oxygens (including phenoxy) is 1. The highest BCUT2D eigenvalue weighted by atomic mass is 79.9. The molecule has 0 radical (unpaired) electrons. The van der Waals surface area contributed by atoms with Crippen molar-refractivity contribution < 1.29 is 17.9 Å². The first kappa shape index (κ1) is 20.1. The van der Waals surface area contributed by atoms with Crippen molar-refractivity contribution in [3.8, 4) is 5.75 Å². The molecule has 0 unspecified atom stereocenters. The topological polar surface area (TPSA) is 66.9 Å². The molecule has 6 nitrogen and oxygen atoms in total. The van der Waals surface area contributed by atoms with Gasteiger partial charge in [0.05, 0.1) is 13.7 Å². The van der Waals surface area contributed by atoms with Gasteiger partial charge in [-0.1, -0.05) is 27.5 Å². The molecule has 0 spiro atoms. The summed E-state index contributed by atoms with van der Waals surface area (Å²) in [6.07, 6.45) is 0.735. The van der Waals surface area contributed by atoms with Crippen molar-refractivity contribution in [3.05, 3.63) is 51.5 Å². The number of amides is 1. The van der Waals surface area contributed by atoms with Crippen molar-refractivity contribution in [2.24, 2.45) is 0 Å². The Bertz CT molecular complexity index is 997. The Hall–Kier alpha value is -1.61. The fourth-order valence-corrected chi connectivity index (χ4v) is 4.95. The third-order valence-electron chi connectivity index (χ3n) is 4.41. The van der Waals surface area contributed by atoms with Crippen LogP contribution in [0.2, 0.25) is 5.02 Å². The normalized spacial score (nSPS) is 13.7. The number of fused-ring (bicyclic) bond motifs is 1. The predicted molar refractivity (Wildman–Crippen MR) is 108 cm³/mol. The summed E-state index contributed by atoms with van der Waals surface area (Å²) in [5.74, 6) is -0.113. The molecule has 1 amide bonds. The Morgan fingerprint density at radius 2 is 2.04 bits per heavy atom. The lowest BCUT2D eigenvalue weighted by Gasteiger charge is -2.23. The van der Waals surface area contributed by atoms with Crippen molar-refractivity contribution in [2.75, 3.05) is 32.1 Å². The van der Waals surface area contributed by atoms with E-state index in [1.807, 2.05) is 18.2 Å². The van der Waals surface area contributed by atoms with Gasteiger partial charge in [-0.25, -0.2) is 8.42 Å². The number of hydrogen-bond donors (Lipinski definition) is 0. The minimum Gasteiger partial charge on any atom is -0.495 e. The van der Waals surface area contributed by atoms with Crippen LogP contribution in [-0.4, -0.2) is 45.9 Å². The Kier molecular flexibility index (Phi) is 5.81. The van der Waals surface area contributed by atoms with E-state index in [0.29, 0.717) is 6.54 Å². The van der Waals surface area contributed by atoms with Gasteiger partial charge in [0.2, 0.25) is 15.9 Å². The third kappa shape index (κ3) is 3.99. The summed E-state index contributed by atoms with van der Waals surface area (Å²) < 4.78 is 32.9. The van der Waals surface area contributed by atoms with Gasteiger partial charge in [-0.2, -0.15) is 4.31 Å². The molecule has 144 valence electrons. The van der Waals surface area contributed by atoms with Crippen LogP contribution in [0.5, 0.6) is 5.75 Å². The molecule has 27 heavy (non-hydrogen) atoms. The molecule has 9 heteroatoms. The zero-order valence-electron chi connectivity index (χ0n) is 14.8. The van der Waals surface area contributed by atoms with Gasteiger partial charge >= 0.3 is 0 Å². The first-order valence-electron chi connectivity index (χ1n) is 8.12. The molecule has 0 saturated carbocycles. The van der Waals surface area contributed by atoms with E-state index in [0.717, 1.165) is 26.4 Å². The van der Waals surface area contributed by atoms with Gasteiger partial charge in [0.25, 0.3) is 0 Å². The standard InChI is InChI=1S/C18H18BrClN2O4S/c1-21(27(24,25)17-10-14(20)4-6-16(17)26-2)11-18(23)22-8-7-12-9-13(19)3-5-15(12)22/h3-6,9-10H,7-8,11H2,1-2H3. The first-order valence-corrected chi connectivity index (χ1v) is 10.7. The van der Waals surface area contributed by atoms with Crippen LogP contribution in [0.4, 0.5) is 5.69 Å². The lowest BCUT2D eigenvalue weighted by Crippen LogP contribution is -2.40. The number of likely N-dealkylation sites (N-methyl/N-ethyl adjacent to an activating group) is 1. The van der Waals surface area contributed by atoms with E-state index in [9.17, 15) is 13.2 Å². The second kappa shape index (κ2) is 7.79. The van der Waals surface area contributed by atoms with Gasteiger partial charge < -0.3 is 9.64 Å². The van der Waals surface area contributed by atoms with Crippen LogP contribution in [0.15, 0.2) is 45.8 Å².